The second-order valence-corrected chi connectivity index (χ2v) is 8.14. The zero-order chi connectivity index (χ0) is 24.2. The van der Waals surface area contributed by atoms with Crippen LogP contribution in [0.15, 0.2) is 54.6 Å². The number of urea groups is 1. The van der Waals surface area contributed by atoms with E-state index in [2.05, 4.69) is 5.32 Å². The summed E-state index contributed by atoms with van der Waals surface area (Å²) in [5.74, 6) is 2.83. The van der Waals surface area contributed by atoms with Gasteiger partial charge in [0.05, 0.1) is 34.5 Å². The highest BCUT2D eigenvalue weighted by atomic mass is 16.5. The van der Waals surface area contributed by atoms with Gasteiger partial charge in [-0.3, -0.25) is 0 Å². The molecule has 0 radical (unpaired) electrons. The molecule has 34 heavy (non-hydrogen) atoms. The van der Waals surface area contributed by atoms with Crippen molar-refractivity contribution in [1.82, 2.24) is 4.90 Å². The van der Waals surface area contributed by atoms with Crippen molar-refractivity contribution >= 4 is 11.7 Å². The van der Waals surface area contributed by atoms with Crippen LogP contribution >= 0.6 is 0 Å². The minimum atomic E-state index is -0.298. The molecule has 178 valence electrons. The van der Waals surface area contributed by atoms with Crippen molar-refractivity contribution in [2.24, 2.45) is 0 Å². The van der Waals surface area contributed by atoms with Gasteiger partial charge in [-0.05, 0) is 78.1 Å². The molecule has 2 amide bonds. The molecule has 0 aliphatic carbocycles. The predicted molar refractivity (Wildman–Crippen MR) is 132 cm³/mol. The van der Waals surface area contributed by atoms with Crippen LogP contribution in [0.5, 0.6) is 23.0 Å². The van der Waals surface area contributed by atoms with E-state index in [1.54, 1.807) is 28.4 Å². The minimum Gasteiger partial charge on any atom is -0.497 e. The minimum absolute atomic E-state index is 0.172. The predicted octanol–water partition coefficient (Wildman–Crippen LogP) is 5.21. The third-order valence-electron chi connectivity index (χ3n) is 6.24. The summed E-state index contributed by atoms with van der Waals surface area (Å²) in [6.45, 7) is 2.50. The molecule has 0 bridgehead atoms. The van der Waals surface area contributed by atoms with Gasteiger partial charge < -0.3 is 29.2 Å². The quantitative estimate of drug-likeness (QED) is 0.545. The summed E-state index contributed by atoms with van der Waals surface area (Å²) in [5.41, 5.74) is 4.80. The van der Waals surface area contributed by atoms with Gasteiger partial charge in [0.2, 0.25) is 0 Å². The Morgan fingerprint density at radius 3 is 2.12 bits per heavy atom. The van der Waals surface area contributed by atoms with E-state index in [0.29, 0.717) is 24.5 Å². The van der Waals surface area contributed by atoms with Gasteiger partial charge in [-0.15, -0.1) is 0 Å². The van der Waals surface area contributed by atoms with Gasteiger partial charge in [-0.1, -0.05) is 12.1 Å². The summed E-state index contributed by atoms with van der Waals surface area (Å²) in [6, 6.07) is 16.9. The van der Waals surface area contributed by atoms with E-state index in [1.165, 1.54) is 0 Å². The van der Waals surface area contributed by atoms with Crippen molar-refractivity contribution < 1.29 is 23.7 Å². The van der Waals surface area contributed by atoms with Crippen LogP contribution in [-0.2, 0) is 6.42 Å². The third-order valence-corrected chi connectivity index (χ3v) is 6.24. The summed E-state index contributed by atoms with van der Waals surface area (Å²) in [4.78, 5) is 15.4. The highest BCUT2D eigenvalue weighted by Gasteiger charge is 2.33. The number of ether oxygens (including phenoxy) is 4. The number of anilines is 1. The normalized spacial score (nSPS) is 14.7. The Morgan fingerprint density at radius 2 is 1.50 bits per heavy atom. The van der Waals surface area contributed by atoms with E-state index < -0.39 is 0 Å². The Morgan fingerprint density at radius 1 is 0.853 bits per heavy atom. The van der Waals surface area contributed by atoms with Gasteiger partial charge in [-0.25, -0.2) is 4.79 Å². The summed E-state index contributed by atoms with van der Waals surface area (Å²) in [5, 5.41) is 3.09. The maximum absolute atomic E-state index is 13.6. The summed E-state index contributed by atoms with van der Waals surface area (Å²) >= 11 is 0. The lowest BCUT2D eigenvalue weighted by Gasteiger charge is -2.38. The van der Waals surface area contributed by atoms with E-state index >= 15 is 0 Å². The molecule has 0 saturated carbocycles. The van der Waals surface area contributed by atoms with Crippen LogP contribution in [0, 0.1) is 6.92 Å². The van der Waals surface area contributed by atoms with Gasteiger partial charge in [0.1, 0.15) is 11.5 Å². The smallest absolute Gasteiger partial charge is 0.322 e. The molecule has 7 nitrogen and oxygen atoms in total. The first-order chi connectivity index (χ1) is 16.5. The second-order valence-electron chi connectivity index (χ2n) is 8.14. The third kappa shape index (κ3) is 4.46. The Kier molecular flexibility index (Phi) is 6.82. The molecule has 0 saturated heterocycles. The van der Waals surface area contributed by atoms with Crippen molar-refractivity contribution in [3.63, 3.8) is 0 Å². The van der Waals surface area contributed by atoms with Gasteiger partial charge in [0.15, 0.2) is 11.5 Å². The van der Waals surface area contributed by atoms with Crippen LogP contribution in [-0.4, -0.2) is 45.9 Å². The fourth-order valence-corrected chi connectivity index (χ4v) is 4.40. The Balaban J connectivity index is 1.74. The van der Waals surface area contributed by atoms with Crippen LogP contribution in [0.2, 0.25) is 0 Å². The molecule has 0 unspecified atom stereocenters. The molecule has 1 atom stereocenters. The summed E-state index contributed by atoms with van der Waals surface area (Å²) in [6.07, 6.45) is 0.706. The van der Waals surface area contributed by atoms with Crippen LogP contribution in [0.4, 0.5) is 10.5 Å². The van der Waals surface area contributed by atoms with Crippen molar-refractivity contribution in [3.05, 3.63) is 76.9 Å². The summed E-state index contributed by atoms with van der Waals surface area (Å²) < 4.78 is 21.7. The zero-order valence-corrected chi connectivity index (χ0v) is 20.2. The molecule has 7 heteroatoms. The lowest BCUT2D eigenvalue weighted by Crippen LogP contribution is -2.43. The van der Waals surface area contributed by atoms with Crippen LogP contribution < -0.4 is 24.3 Å². The first kappa shape index (κ1) is 23.3. The van der Waals surface area contributed by atoms with Gasteiger partial charge in [0, 0.05) is 12.2 Å². The van der Waals surface area contributed by atoms with Crippen LogP contribution in [0.1, 0.15) is 28.3 Å². The fourth-order valence-electron chi connectivity index (χ4n) is 4.40. The van der Waals surface area contributed by atoms with Crippen molar-refractivity contribution in [2.75, 3.05) is 40.3 Å². The number of methoxy groups -OCH3 is 4. The van der Waals surface area contributed by atoms with Crippen molar-refractivity contribution in [3.8, 4) is 23.0 Å². The number of fused-ring (bicyclic) bond motifs is 1. The van der Waals surface area contributed by atoms with Crippen LogP contribution in [0.3, 0.4) is 0 Å². The first-order valence-electron chi connectivity index (χ1n) is 11.1. The number of nitrogens with one attached hydrogen (secondary N) is 1. The largest absolute Gasteiger partial charge is 0.497 e. The lowest BCUT2D eigenvalue weighted by molar-refractivity contribution is 0.193. The van der Waals surface area contributed by atoms with Gasteiger partial charge in [-0.2, -0.15) is 0 Å². The molecular formula is C27H30N2O5. The Labute approximate surface area is 200 Å². The highest BCUT2D eigenvalue weighted by Crippen LogP contribution is 2.41. The molecule has 0 spiro atoms. The number of carbonyl (C=O) groups excluding carboxylic acids is 1. The molecule has 1 aliphatic heterocycles. The molecule has 3 aromatic rings. The molecule has 0 fully saturated rings. The molecule has 3 aromatic carbocycles. The number of benzene rings is 3. The maximum atomic E-state index is 13.6. The van der Waals surface area contributed by atoms with E-state index in [1.807, 2.05) is 66.4 Å². The number of hydrogen-bond acceptors (Lipinski definition) is 5. The Hall–Kier alpha value is -3.87. The lowest BCUT2D eigenvalue weighted by atomic mass is 9.87. The van der Waals surface area contributed by atoms with E-state index in [4.69, 9.17) is 18.9 Å². The fraction of sp³-hybridized carbons (Fsp3) is 0.296. The topological polar surface area (TPSA) is 69.3 Å². The molecule has 1 N–H and O–H groups in total. The average Bonchev–Trinajstić information content (AvgIpc) is 2.88. The monoisotopic (exact) mass is 462 g/mol. The standard InChI is InChI=1S/C27H30N2O5/c1-17-14-21(32-3)10-11-23(17)28-27(30)29-13-12-19-15-24(33-4)25(34-5)16-22(19)26(29)18-6-8-20(31-2)9-7-18/h6-11,14-16,26H,12-13H2,1-5H3,(H,28,30)/t26-/m1/s1. The molecular weight excluding hydrogens is 432 g/mol. The first-order valence-corrected chi connectivity index (χ1v) is 11.1. The van der Waals surface area contributed by atoms with Gasteiger partial charge in [0.25, 0.3) is 0 Å². The molecule has 1 heterocycles. The Bertz CT molecular complexity index is 1180. The van der Waals surface area contributed by atoms with Crippen molar-refractivity contribution in [1.29, 1.82) is 0 Å². The molecule has 1 aliphatic rings. The maximum Gasteiger partial charge on any atom is 0.322 e. The number of hydrogen-bond donors (Lipinski definition) is 1. The van der Waals surface area contributed by atoms with Crippen molar-refractivity contribution in [2.45, 2.75) is 19.4 Å². The zero-order valence-electron chi connectivity index (χ0n) is 20.2. The molecule has 0 aromatic heterocycles. The number of carbonyl (C=O) groups is 1. The summed E-state index contributed by atoms with van der Waals surface area (Å²) in [7, 11) is 6.51. The number of nitrogens with zero attached hydrogens (tertiary/aromatic N) is 1. The van der Waals surface area contributed by atoms with Crippen LogP contribution in [0.25, 0.3) is 0 Å². The number of rotatable bonds is 6. The highest BCUT2D eigenvalue weighted by molar-refractivity contribution is 5.91. The van der Waals surface area contributed by atoms with Gasteiger partial charge >= 0.3 is 6.03 Å². The van der Waals surface area contributed by atoms with E-state index in [0.717, 1.165) is 39.4 Å². The number of amides is 2. The SMILES string of the molecule is COc1ccc([C@@H]2c3cc(OC)c(OC)cc3CCN2C(=O)Nc2ccc(OC)cc2C)cc1. The van der Waals surface area contributed by atoms with E-state index in [9.17, 15) is 4.79 Å². The average molecular weight is 463 g/mol. The molecule has 4 rings (SSSR count). The number of aryl methyl sites for hydroxylation is 1. The van der Waals surface area contributed by atoms with E-state index in [-0.39, 0.29) is 12.1 Å². The second kappa shape index (κ2) is 9.95.